The molecular formula is C14H15ClN2O3. The van der Waals surface area contributed by atoms with Crippen LogP contribution in [0.5, 0.6) is 0 Å². The minimum absolute atomic E-state index is 0.347. The van der Waals surface area contributed by atoms with Gasteiger partial charge < -0.3 is 14.8 Å². The first-order valence-corrected chi connectivity index (χ1v) is 6.38. The fourth-order valence-electron chi connectivity index (χ4n) is 2.04. The fraction of sp³-hybridized carbons (Fsp3) is 0.286. The Balaban J connectivity index is 2.51. The molecule has 0 amide bonds. The zero-order valence-corrected chi connectivity index (χ0v) is 12.2. The van der Waals surface area contributed by atoms with Crippen LogP contribution >= 0.6 is 11.6 Å². The lowest BCUT2D eigenvalue weighted by Gasteiger charge is -2.24. The van der Waals surface area contributed by atoms with Crippen LogP contribution in [-0.2, 0) is 14.3 Å². The van der Waals surface area contributed by atoms with Gasteiger partial charge in [-0.25, -0.2) is 9.79 Å². The molecule has 1 N–H and O–H groups in total. The van der Waals surface area contributed by atoms with Crippen molar-refractivity contribution in [2.45, 2.75) is 13.0 Å². The second-order valence-corrected chi connectivity index (χ2v) is 4.69. The molecule has 1 atom stereocenters. The van der Waals surface area contributed by atoms with Crippen LogP contribution in [0, 0.1) is 0 Å². The van der Waals surface area contributed by atoms with E-state index in [1.54, 1.807) is 19.1 Å². The van der Waals surface area contributed by atoms with Gasteiger partial charge in [0, 0.05) is 10.7 Å². The van der Waals surface area contributed by atoms with Gasteiger partial charge in [0.05, 0.1) is 19.8 Å². The van der Waals surface area contributed by atoms with Crippen LogP contribution in [0.15, 0.2) is 40.5 Å². The van der Waals surface area contributed by atoms with E-state index in [9.17, 15) is 4.79 Å². The second-order valence-electron chi connectivity index (χ2n) is 4.25. The number of hydrogen-bond acceptors (Lipinski definition) is 5. The summed E-state index contributed by atoms with van der Waals surface area (Å²) in [6.45, 7) is 1.78. The number of aliphatic imine (C=N–C) groups is 1. The molecule has 0 aliphatic carbocycles. The van der Waals surface area contributed by atoms with Gasteiger partial charge in [0.25, 0.3) is 6.02 Å². The average molecular weight is 295 g/mol. The minimum Gasteiger partial charge on any atom is -0.468 e. The van der Waals surface area contributed by atoms with Crippen LogP contribution in [0.25, 0.3) is 0 Å². The summed E-state index contributed by atoms with van der Waals surface area (Å²) >= 11 is 6.00. The third kappa shape index (κ3) is 2.77. The maximum atomic E-state index is 12.0. The predicted molar refractivity (Wildman–Crippen MR) is 76.5 cm³/mol. The van der Waals surface area contributed by atoms with Crippen LogP contribution in [0.4, 0.5) is 0 Å². The minimum atomic E-state index is -0.502. The zero-order chi connectivity index (χ0) is 14.7. The quantitative estimate of drug-likeness (QED) is 0.851. The summed E-state index contributed by atoms with van der Waals surface area (Å²) < 4.78 is 9.96. The number of carbonyl (C=O) groups is 1. The van der Waals surface area contributed by atoms with E-state index in [0.717, 1.165) is 5.56 Å². The first kappa shape index (κ1) is 14.4. The molecule has 0 aromatic heterocycles. The van der Waals surface area contributed by atoms with E-state index in [0.29, 0.717) is 22.3 Å². The third-order valence-corrected chi connectivity index (χ3v) is 3.22. The van der Waals surface area contributed by atoms with Gasteiger partial charge in [-0.15, -0.1) is 0 Å². The molecule has 1 heterocycles. The van der Waals surface area contributed by atoms with Gasteiger partial charge in [0.15, 0.2) is 0 Å². The summed E-state index contributed by atoms with van der Waals surface area (Å²) in [6.07, 6.45) is 0. The normalized spacial score (nSPS) is 18.2. The van der Waals surface area contributed by atoms with Gasteiger partial charge in [-0.1, -0.05) is 23.7 Å². The van der Waals surface area contributed by atoms with Crippen molar-refractivity contribution in [1.82, 2.24) is 5.32 Å². The molecule has 5 nitrogen and oxygen atoms in total. The number of ether oxygens (including phenoxy) is 2. The Hall–Kier alpha value is -2.01. The monoisotopic (exact) mass is 294 g/mol. The molecule has 0 saturated heterocycles. The Morgan fingerprint density at radius 3 is 2.75 bits per heavy atom. The molecule has 0 saturated carbocycles. The van der Waals surface area contributed by atoms with Gasteiger partial charge in [-0.05, 0) is 24.6 Å². The van der Waals surface area contributed by atoms with Crippen molar-refractivity contribution in [3.05, 3.63) is 46.1 Å². The molecule has 2 rings (SSSR count). The van der Waals surface area contributed by atoms with Gasteiger partial charge in [-0.3, -0.25) is 0 Å². The van der Waals surface area contributed by atoms with Gasteiger partial charge in [0.1, 0.15) is 6.04 Å². The molecule has 0 spiro atoms. The smallest absolute Gasteiger partial charge is 0.338 e. The van der Waals surface area contributed by atoms with Crippen LogP contribution in [0.2, 0.25) is 5.02 Å². The van der Waals surface area contributed by atoms with E-state index in [4.69, 9.17) is 21.1 Å². The Morgan fingerprint density at radius 2 is 2.15 bits per heavy atom. The number of nitrogens with one attached hydrogen (secondary N) is 1. The largest absolute Gasteiger partial charge is 0.468 e. The highest BCUT2D eigenvalue weighted by Gasteiger charge is 2.30. The molecule has 1 unspecified atom stereocenters. The number of amidine groups is 1. The van der Waals surface area contributed by atoms with Crippen molar-refractivity contribution in [2.75, 3.05) is 14.2 Å². The van der Waals surface area contributed by atoms with Gasteiger partial charge in [0.2, 0.25) is 0 Å². The van der Waals surface area contributed by atoms with E-state index in [-0.39, 0.29) is 0 Å². The Bertz CT molecular complexity index is 596. The lowest BCUT2D eigenvalue weighted by Crippen LogP contribution is -2.32. The van der Waals surface area contributed by atoms with Gasteiger partial charge >= 0.3 is 5.97 Å². The highest BCUT2D eigenvalue weighted by molar-refractivity contribution is 6.30. The molecule has 1 aliphatic heterocycles. The highest BCUT2D eigenvalue weighted by Crippen LogP contribution is 2.32. The summed E-state index contributed by atoms with van der Waals surface area (Å²) in [5, 5.41) is 3.50. The molecule has 0 fully saturated rings. The average Bonchev–Trinajstić information content (AvgIpc) is 2.45. The number of carbonyl (C=O) groups excluding carboxylic acids is 1. The Labute approximate surface area is 122 Å². The van der Waals surface area contributed by atoms with Crippen molar-refractivity contribution in [3.8, 4) is 0 Å². The molecular weight excluding hydrogens is 280 g/mol. The van der Waals surface area contributed by atoms with Crippen LogP contribution in [-0.4, -0.2) is 26.2 Å². The second kappa shape index (κ2) is 5.96. The summed E-state index contributed by atoms with van der Waals surface area (Å²) in [6, 6.07) is 7.05. The number of rotatable bonds is 2. The lowest BCUT2D eigenvalue weighted by atomic mass is 9.96. The number of allylic oxidation sites excluding steroid dienone is 1. The number of hydrogen-bond donors (Lipinski definition) is 1. The number of esters is 1. The van der Waals surface area contributed by atoms with Crippen LogP contribution in [0.3, 0.4) is 0 Å². The fourth-order valence-corrected chi connectivity index (χ4v) is 2.24. The van der Waals surface area contributed by atoms with E-state index >= 15 is 0 Å². The molecule has 0 radical (unpaired) electrons. The SMILES string of the molecule is COC(=O)C1=C(C)NC(OC)=NC1c1cccc(Cl)c1. The summed E-state index contributed by atoms with van der Waals surface area (Å²) in [5.41, 5.74) is 1.89. The molecule has 1 aliphatic rings. The molecule has 6 heteroatoms. The first-order chi connectivity index (χ1) is 9.56. The lowest BCUT2D eigenvalue weighted by molar-refractivity contribution is -0.136. The molecule has 1 aromatic carbocycles. The Morgan fingerprint density at radius 1 is 1.40 bits per heavy atom. The molecule has 20 heavy (non-hydrogen) atoms. The summed E-state index contributed by atoms with van der Waals surface area (Å²) in [5.74, 6) is -0.432. The third-order valence-electron chi connectivity index (χ3n) is 2.98. The van der Waals surface area contributed by atoms with E-state index in [1.807, 2.05) is 12.1 Å². The van der Waals surface area contributed by atoms with E-state index < -0.39 is 12.0 Å². The van der Waals surface area contributed by atoms with Crippen molar-refractivity contribution >= 4 is 23.6 Å². The van der Waals surface area contributed by atoms with Crippen molar-refractivity contribution in [2.24, 2.45) is 4.99 Å². The number of halogens is 1. The standard InChI is InChI=1S/C14H15ClN2O3/c1-8-11(13(18)19-2)12(17-14(16-8)20-3)9-5-4-6-10(15)7-9/h4-7,12H,1-3H3,(H,16,17). The van der Waals surface area contributed by atoms with Crippen molar-refractivity contribution < 1.29 is 14.3 Å². The zero-order valence-electron chi connectivity index (χ0n) is 11.4. The van der Waals surface area contributed by atoms with Crippen molar-refractivity contribution in [1.29, 1.82) is 0 Å². The Kier molecular flexibility index (Phi) is 4.29. The van der Waals surface area contributed by atoms with Gasteiger partial charge in [-0.2, -0.15) is 0 Å². The van der Waals surface area contributed by atoms with E-state index in [2.05, 4.69) is 10.3 Å². The maximum Gasteiger partial charge on any atom is 0.338 e. The molecule has 1 aromatic rings. The van der Waals surface area contributed by atoms with Crippen LogP contribution in [0.1, 0.15) is 18.5 Å². The number of benzene rings is 1. The summed E-state index contributed by atoms with van der Waals surface area (Å²) in [4.78, 5) is 16.4. The topological polar surface area (TPSA) is 59.9 Å². The highest BCUT2D eigenvalue weighted by atomic mass is 35.5. The number of nitrogens with zero attached hydrogens (tertiary/aromatic N) is 1. The van der Waals surface area contributed by atoms with Crippen LogP contribution < -0.4 is 5.32 Å². The predicted octanol–water partition coefficient (Wildman–Crippen LogP) is 2.43. The number of methoxy groups -OCH3 is 2. The molecule has 106 valence electrons. The molecule has 0 bridgehead atoms. The van der Waals surface area contributed by atoms with E-state index in [1.165, 1.54) is 14.2 Å². The summed E-state index contributed by atoms with van der Waals surface area (Å²) in [7, 11) is 2.85. The van der Waals surface area contributed by atoms with Crippen molar-refractivity contribution in [3.63, 3.8) is 0 Å². The first-order valence-electron chi connectivity index (χ1n) is 6.00. The maximum absolute atomic E-state index is 12.0.